The fourth-order valence-electron chi connectivity index (χ4n) is 2.94. The van der Waals surface area contributed by atoms with Crippen LogP contribution in [0.2, 0.25) is 0 Å². The van der Waals surface area contributed by atoms with Crippen LogP contribution in [0.4, 0.5) is 0 Å². The van der Waals surface area contributed by atoms with Crippen molar-refractivity contribution in [1.82, 2.24) is 5.32 Å². The largest absolute Gasteiger partial charge is 0.497 e. The Kier molecular flexibility index (Phi) is 5.27. The summed E-state index contributed by atoms with van der Waals surface area (Å²) < 4.78 is 5.85. The molecule has 0 heterocycles. The first-order chi connectivity index (χ1) is 9.93. The molecule has 0 aliphatic heterocycles. The van der Waals surface area contributed by atoms with Crippen molar-refractivity contribution >= 4 is 21.8 Å². The molecule has 2 unspecified atom stereocenters. The van der Waals surface area contributed by atoms with Crippen LogP contribution in [-0.4, -0.2) is 30.3 Å². The van der Waals surface area contributed by atoms with E-state index in [0.717, 1.165) is 25.7 Å². The first-order valence-corrected chi connectivity index (χ1v) is 8.07. The molecule has 21 heavy (non-hydrogen) atoms. The van der Waals surface area contributed by atoms with Gasteiger partial charge < -0.3 is 15.2 Å². The average molecular weight is 356 g/mol. The number of nitrogens with one attached hydrogen (secondary N) is 1. The quantitative estimate of drug-likeness (QED) is 0.872. The zero-order valence-electron chi connectivity index (χ0n) is 12.5. The van der Waals surface area contributed by atoms with Crippen LogP contribution in [0.1, 0.15) is 43.0 Å². The maximum Gasteiger partial charge on any atom is 0.252 e. The fraction of sp³-hybridized carbons (Fsp3) is 0.562. The zero-order chi connectivity index (χ0) is 15.5. The molecule has 1 aliphatic carbocycles. The number of benzene rings is 1. The van der Waals surface area contributed by atoms with Gasteiger partial charge in [0, 0.05) is 11.0 Å². The van der Waals surface area contributed by atoms with Crippen LogP contribution in [0.25, 0.3) is 0 Å². The van der Waals surface area contributed by atoms with Gasteiger partial charge in [0.1, 0.15) is 5.75 Å². The number of carbonyl (C=O) groups excluding carboxylic acids is 1. The Balaban J connectivity index is 2.01. The van der Waals surface area contributed by atoms with E-state index in [4.69, 9.17) is 4.74 Å². The summed E-state index contributed by atoms with van der Waals surface area (Å²) in [7, 11) is 1.57. The van der Waals surface area contributed by atoms with Crippen LogP contribution in [0.15, 0.2) is 22.7 Å². The predicted molar refractivity (Wildman–Crippen MR) is 85.6 cm³/mol. The van der Waals surface area contributed by atoms with Gasteiger partial charge in [-0.3, -0.25) is 4.79 Å². The Morgan fingerprint density at radius 1 is 1.57 bits per heavy atom. The van der Waals surface area contributed by atoms with Crippen molar-refractivity contribution in [1.29, 1.82) is 0 Å². The monoisotopic (exact) mass is 355 g/mol. The summed E-state index contributed by atoms with van der Waals surface area (Å²) in [6.45, 7) is 2.43. The zero-order valence-corrected chi connectivity index (χ0v) is 14.1. The molecule has 1 aromatic carbocycles. The highest BCUT2D eigenvalue weighted by atomic mass is 79.9. The maximum absolute atomic E-state index is 12.3. The molecule has 1 amide bonds. The minimum absolute atomic E-state index is 0.201. The third kappa shape index (κ3) is 4.20. The molecule has 4 nitrogen and oxygen atoms in total. The molecule has 1 fully saturated rings. The third-order valence-corrected chi connectivity index (χ3v) is 4.76. The highest BCUT2D eigenvalue weighted by Gasteiger charge is 2.33. The van der Waals surface area contributed by atoms with Crippen LogP contribution in [0.3, 0.4) is 0 Å². The molecule has 1 saturated carbocycles. The maximum atomic E-state index is 12.3. The van der Waals surface area contributed by atoms with Gasteiger partial charge >= 0.3 is 0 Å². The lowest BCUT2D eigenvalue weighted by atomic mass is 9.79. The number of rotatable bonds is 4. The second-order valence-electron chi connectivity index (χ2n) is 5.95. The lowest BCUT2D eigenvalue weighted by Gasteiger charge is -2.35. The highest BCUT2D eigenvalue weighted by molar-refractivity contribution is 9.10. The molecule has 116 valence electrons. The lowest BCUT2D eigenvalue weighted by Crippen LogP contribution is -2.45. The second kappa shape index (κ2) is 6.79. The number of halogens is 1. The van der Waals surface area contributed by atoms with E-state index in [-0.39, 0.29) is 5.91 Å². The molecular formula is C16H22BrNO3. The van der Waals surface area contributed by atoms with E-state index in [1.807, 2.05) is 0 Å². The summed E-state index contributed by atoms with van der Waals surface area (Å²) in [6.07, 6.45) is 3.65. The van der Waals surface area contributed by atoms with Gasteiger partial charge in [0.05, 0.1) is 18.3 Å². The van der Waals surface area contributed by atoms with Crippen molar-refractivity contribution in [3.05, 3.63) is 28.2 Å². The van der Waals surface area contributed by atoms with Crippen LogP contribution < -0.4 is 10.1 Å². The molecule has 0 aromatic heterocycles. The lowest BCUT2D eigenvalue weighted by molar-refractivity contribution is -0.0109. The van der Waals surface area contributed by atoms with Crippen LogP contribution in [0, 0.1) is 5.92 Å². The number of hydrogen-bond acceptors (Lipinski definition) is 3. The van der Waals surface area contributed by atoms with Gasteiger partial charge in [-0.1, -0.05) is 19.8 Å². The highest BCUT2D eigenvalue weighted by Crippen LogP contribution is 2.31. The first kappa shape index (κ1) is 16.3. The SMILES string of the molecule is COc1ccc(Br)c(C(=O)NCC2(O)CCCC(C)C2)c1. The van der Waals surface area contributed by atoms with Crippen molar-refractivity contribution in [2.24, 2.45) is 5.92 Å². The molecule has 1 aromatic rings. The molecule has 0 spiro atoms. The van der Waals surface area contributed by atoms with Crippen molar-refractivity contribution in [2.45, 2.75) is 38.2 Å². The topological polar surface area (TPSA) is 58.6 Å². The number of aliphatic hydroxyl groups is 1. The van der Waals surface area contributed by atoms with E-state index in [0.29, 0.717) is 28.2 Å². The van der Waals surface area contributed by atoms with Gasteiger partial charge in [-0.25, -0.2) is 0 Å². The number of carbonyl (C=O) groups is 1. The Bertz CT molecular complexity index is 520. The third-order valence-electron chi connectivity index (χ3n) is 4.06. The summed E-state index contributed by atoms with van der Waals surface area (Å²) in [5.74, 6) is 0.935. The van der Waals surface area contributed by atoms with Gasteiger partial charge in [0.25, 0.3) is 5.91 Å². The van der Waals surface area contributed by atoms with E-state index in [1.165, 1.54) is 0 Å². The summed E-state index contributed by atoms with van der Waals surface area (Å²) in [6, 6.07) is 5.26. The second-order valence-corrected chi connectivity index (χ2v) is 6.81. The molecule has 5 heteroatoms. The molecular weight excluding hydrogens is 334 g/mol. The van der Waals surface area contributed by atoms with Gasteiger partial charge in [-0.15, -0.1) is 0 Å². The van der Waals surface area contributed by atoms with E-state index in [1.54, 1.807) is 25.3 Å². The van der Waals surface area contributed by atoms with Crippen molar-refractivity contribution < 1.29 is 14.6 Å². The molecule has 0 radical (unpaired) electrons. The summed E-state index contributed by atoms with van der Waals surface area (Å²) in [5, 5.41) is 13.4. The Morgan fingerprint density at radius 3 is 3.00 bits per heavy atom. The average Bonchev–Trinajstić information content (AvgIpc) is 2.45. The fourth-order valence-corrected chi connectivity index (χ4v) is 3.36. The van der Waals surface area contributed by atoms with Crippen LogP contribution >= 0.6 is 15.9 Å². The standard InChI is InChI=1S/C16H22BrNO3/c1-11-4-3-7-16(20,9-11)10-18-15(19)13-8-12(21-2)5-6-14(13)17/h5-6,8,11,20H,3-4,7,9-10H2,1-2H3,(H,18,19). The van der Waals surface area contributed by atoms with Gasteiger partial charge in [-0.2, -0.15) is 0 Å². The number of ether oxygens (including phenoxy) is 1. The molecule has 0 bridgehead atoms. The molecule has 1 aliphatic rings. The van der Waals surface area contributed by atoms with E-state index < -0.39 is 5.60 Å². The Hall–Kier alpha value is -1.07. The first-order valence-electron chi connectivity index (χ1n) is 7.28. The van der Waals surface area contributed by atoms with Gasteiger partial charge in [0.15, 0.2) is 0 Å². The van der Waals surface area contributed by atoms with Crippen molar-refractivity contribution in [3.63, 3.8) is 0 Å². The predicted octanol–water partition coefficient (Wildman–Crippen LogP) is 3.13. The summed E-state index contributed by atoms with van der Waals surface area (Å²) in [4.78, 5) is 12.3. The molecule has 0 saturated heterocycles. The number of methoxy groups -OCH3 is 1. The van der Waals surface area contributed by atoms with Gasteiger partial charge in [0.2, 0.25) is 0 Å². The molecule has 2 atom stereocenters. The summed E-state index contributed by atoms with van der Waals surface area (Å²) >= 11 is 3.37. The van der Waals surface area contributed by atoms with Crippen LogP contribution in [0.5, 0.6) is 5.75 Å². The van der Waals surface area contributed by atoms with E-state index >= 15 is 0 Å². The Labute approximate surface area is 134 Å². The molecule has 2 N–H and O–H groups in total. The number of hydrogen-bond donors (Lipinski definition) is 2. The van der Waals surface area contributed by atoms with E-state index in [2.05, 4.69) is 28.2 Å². The van der Waals surface area contributed by atoms with Crippen molar-refractivity contribution in [2.75, 3.05) is 13.7 Å². The minimum atomic E-state index is -0.779. The Morgan fingerprint density at radius 2 is 2.33 bits per heavy atom. The molecule has 2 rings (SSSR count). The van der Waals surface area contributed by atoms with E-state index in [9.17, 15) is 9.90 Å². The summed E-state index contributed by atoms with van der Waals surface area (Å²) in [5.41, 5.74) is -0.264. The van der Waals surface area contributed by atoms with Crippen molar-refractivity contribution in [3.8, 4) is 5.75 Å². The number of amides is 1. The smallest absolute Gasteiger partial charge is 0.252 e. The van der Waals surface area contributed by atoms with Crippen LogP contribution in [-0.2, 0) is 0 Å². The normalized spacial score (nSPS) is 25.4. The van der Waals surface area contributed by atoms with Gasteiger partial charge in [-0.05, 0) is 52.9 Å². The minimum Gasteiger partial charge on any atom is -0.497 e.